The van der Waals surface area contributed by atoms with E-state index in [1.807, 2.05) is 0 Å². The third kappa shape index (κ3) is 2.19. The molecule has 0 fully saturated rings. The molecule has 0 aliphatic rings. The molecule has 82 valence electrons. The highest BCUT2D eigenvalue weighted by molar-refractivity contribution is 5.94. The fraction of sp³-hybridized carbons (Fsp3) is 0.300. The van der Waals surface area contributed by atoms with Gasteiger partial charge in [0.15, 0.2) is 0 Å². The molecule has 0 amide bonds. The smallest absolute Gasteiger partial charge is 0.338 e. The summed E-state index contributed by atoms with van der Waals surface area (Å²) in [6, 6.07) is 3.15. The Morgan fingerprint density at radius 2 is 2.00 bits per heavy atom. The number of hydrogen-bond acceptors (Lipinski definition) is 5. The quantitative estimate of drug-likeness (QED) is 0.568. The molecule has 1 rings (SSSR count). The number of carbonyl (C=O) groups excluding carboxylic acids is 1. The van der Waals surface area contributed by atoms with E-state index in [9.17, 15) is 4.79 Å². The molecular weight excluding hydrogens is 196 g/mol. The number of nitrogen functional groups attached to an aromatic ring is 2. The molecule has 0 saturated carbocycles. The molecule has 5 heteroatoms. The maximum absolute atomic E-state index is 11.4. The minimum atomic E-state index is -0.450. The Morgan fingerprint density at radius 3 is 2.53 bits per heavy atom. The van der Waals surface area contributed by atoms with Crippen molar-refractivity contribution in [3.63, 3.8) is 0 Å². The van der Waals surface area contributed by atoms with Crippen LogP contribution in [0, 0.1) is 0 Å². The van der Waals surface area contributed by atoms with Crippen molar-refractivity contribution in [2.75, 3.05) is 25.7 Å². The number of esters is 1. The predicted molar refractivity (Wildman–Crippen MR) is 57.3 cm³/mol. The number of nitrogens with two attached hydrogens (primary N) is 2. The topological polar surface area (TPSA) is 87.6 Å². The molecular formula is C10H14N2O3. The minimum Gasteiger partial charge on any atom is -0.465 e. The van der Waals surface area contributed by atoms with Crippen LogP contribution in [0.4, 0.5) is 11.4 Å². The number of methoxy groups -OCH3 is 2. The lowest BCUT2D eigenvalue weighted by atomic mass is 10.0. The fourth-order valence-corrected chi connectivity index (χ4v) is 1.28. The highest BCUT2D eigenvalue weighted by atomic mass is 16.5. The van der Waals surface area contributed by atoms with Crippen LogP contribution in [0.2, 0.25) is 0 Å². The maximum Gasteiger partial charge on any atom is 0.338 e. The SMILES string of the molecule is COCc1c(C(=O)OC)ccc(N)c1N. The summed E-state index contributed by atoms with van der Waals surface area (Å²) in [4.78, 5) is 11.4. The summed E-state index contributed by atoms with van der Waals surface area (Å²) in [7, 11) is 2.83. The third-order valence-corrected chi connectivity index (χ3v) is 2.08. The van der Waals surface area contributed by atoms with Gasteiger partial charge in [-0.05, 0) is 12.1 Å². The predicted octanol–water partition coefficient (Wildman–Crippen LogP) is 0.784. The van der Waals surface area contributed by atoms with Crippen LogP contribution in [0.5, 0.6) is 0 Å². The van der Waals surface area contributed by atoms with E-state index < -0.39 is 5.97 Å². The van der Waals surface area contributed by atoms with Crippen LogP contribution in [0.25, 0.3) is 0 Å². The molecule has 4 N–H and O–H groups in total. The zero-order chi connectivity index (χ0) is 11.4. The Kier molecular flexibility index (Phi) is 3.51. The van der Waals surface area contributed by atoms with Crippen LogP contribution in [0.15, 0.2) is 12.1 Å². The van der Waals surface area contributed by atoms with E-state index in [4.69, 9.17) is 16.2 Å². The van der Waals surface area contributed by atoms with Gasteiger partial charge in [-0.3, -0.25) is 0 Å². The molecule has 0 saturated heterocycles. The number of ether oxygens (including phenoxy) is 2. The van der Waals surface area contributed by atoms with E-state index in [0.29, 0.717) is 22.5 Å². The second-order valence-corrected chi connectivity index (χ2v) is 3.02. The number of hydrogen-bond donors (Lipinski definition) is 2. The van der Waals surface area contributed by atoms with Crippen LogP contribution >= 0.6 is 0 Å². The summed E-state index contributed by atoms with van der Waals surface area (Å²) in [6.45, 7) is 0.224. The second kappa shape index (κ2) is 4.65. The molecule has 0 aliphatic heterocycles. The Balaban J connectivity index is 3.26. The van der Waals surface area contributed by atoms with Gasteiger partial charge in [0.05, 0.1) is 30.7 Å². The number of carbonyl (C=O) groups is 1. The van der Waals surface area contributed by atoms with Crippen molar-refractivity contribution in [2.45, 2.75) is 6.61 Å². The van der Waals surface area contributed by atoms with Gasteiger partial charge in [-0.15, -0.1) is 0 Å². The lowest BCUT2D eigenvalue weighted by Gasteiger charge is -2.11. The first-order valence-corrected chi connectivity index (χ1v) is 4.36. The van der Waals surface area contributed by atoms with Gasteiger partial charge in [0.1, 0.15) is 0 Å². The van der Waals surface area contributed by atoms with Crippen molar-refractivity contribution in [3.8, 4) is 0 Å². The molecule has 0 unspecified atom stereocenters. The van der Waals surface area contributed by atoms with E-state index in [1.54, 1.807) is 12.1 Å². The van der Waals surface area contributed by atoms with Crippen LogP contribution in [-0.4, -0.2) is 20.2 Å². The Hall–Kier alpha value is -1.75. The summed E-state index contributed by atoms with van der Waals surface area (Å²) < 4.78 is 9.58. The number of anilines is 2. The van der Waals surface area contributed by atoms with Gasteiger partial charge in [0.2, 0.25) is 0 Å². The molecule has 15 heavy (non-hydrogen) atoms. The third-order valence-electron chi connectivity index (χ3n) is 2.08. The van der Waals surface area contributed by atoms with E-state index in [-0.39, 0.29) is 6.61 Å². The highest BCUT2D eigenvalue weighted by Gasteiger charge is 2.15. The van der Waals surface area contributed by atoms with E-state index >= 15 is 0 Å². The minimum absolute atomic E-state index is 0.224. The fourth-order valence-electron chi connectivity index (χ4n) is 1.28. The zero-order valence-electron chi connectivity index (χ0n) is 8.74. The van der Waals surface area contributed by atoms with Crippen molar-refractivity contribution in [3.05, 3.63) is 23.3 Å². The van der Waals surface area contributed by atoms with Crippen molar-refractivity contribution in [2.24, 2.45) is 0 Å². The number of rotatable bonds is 3. The number of benzene rings is 1. The van der Waals surface area contributed by atoms with Crippen LogP contribution < -0.4 is 11.5 Å². The first-order chi connectivity index (χ1) is 7.11. The van der Waals surface area contributed by atoms with Gasteiger partial charge in [0, 0.05) is 12.7 Å². The van der Waals surface area contributed by atoms with Crippen LogP contribution in [0.1, 0.15) is 15.9 Å². The van der Waals surface area contributed by atoms with Gasteiger partial charge in [-0.1, -0.05) is 0 Å². The zero-order valence-corrected chi connectivity index (χ0v) is 8.74. The molecule has 0 spiro atoms. The summed E-state index contributed by atoms with van der Waals surface area (Å²) >= 11 is 0. The average molecular weight is 210 g/mol. The largest absolute Gasteiger partial charge is 0.465 e. The standard InChI is InChI=1S/C10H14N2O3/c1-14-5-7-6(10(13)15-2)3-4-8(11)9(7)12/h3-4H,5,11-12H2,1-2H3. The molecule has 0 aliphatic carbocycles. The van der Waals surface area contributed by atoms with Crippen molar-refractivity contribution in [1.29, 1.82) is 0 Å². The molecule has 0 radical (unpaired) electrons. The molecule has 0 atom stereocenters. The highest BCUT2D eigenvalue weighted by Crippen LogP contribution is 2.25. The Bertz CT molecular complexity index is 377. The monoisotopic (exact) mass is 210 g/mol. The molecule has 0 bridgehead atoms. The van der Waals surface area contributed by atoms with Crippen molar-refractivity contribution < 1.29 is 14.3 Å². The second-order valence-electron chi connectivity index (χ2n) is 3.02. The van der Waals surface area contributed by atoms with E-state index in [2.05, 4.69) is 4.74 Å². The van der Waals surface area contributed by atoms with E-state index in [1.165, 1.54) is 14.2 Å². The first-order valence-electron chi connectivity index (χ1n) is 4.36. The van der Waals surface area contributed by atoms with Gasteiger partial charge >= 0.3 is 5.97 Å². The maximum atomic E-state index is 11.4. The molecule has 1 aromatic carbocycles. The lowest BCUT2D eigenvalue weighted by molar-refractivity contribution is 0.0596. The Morgan fingerprint density at radius 1 is 1.33 bits per heavy atom. The summed E-state index contributed by atoms with van der Waals surface area (Å²) in [5, 5.41) is 0. The van der Waals surface area contributed by atoms with Crippen LogP contribution in [-0.2, 0) is 16.1 Å². The van der Waals surface area contributed by atoms with Gasteiger partial charge in [0.25, 0.3) is 0 Å². The first kappa shape index (κ1) is 11.3. The van der Waals surface area contributed by atoms with Gasteiger partial charge in [-0.2, -0.15) is 0 Å². The van der Waals surface area contributed by atoms with Gasteiger partial charge < -0.3 is 20.9 Å². The van der Waals surface area contributed by atoms with Crippen LogP contribution in [0.3, 0.4) is 0 Å². The molecule has 1 aromatic rings. The normalized spacial score (nSPS) is 10.0. The molecule has 5 nitrogen and oxygen atoms in total. The van der Waals surface area contributed by atoms with Gasteiger partial charge in [-0.25, -0.2) is 4.79 Å². The summed E-state index contributed by atoms with van der Waals surface area (Å²) in [5.41, 5.74) is 13.1. The van der Waals surface area contributed by atoms with Crippen molar-refractivity contribution in [1.82, 2.24) is 0 Å². The lowest BCUT2D eigenvalue weighted by Crippen LogP contribution is -2.10. The Labute approximate surface area is 88.0 Å². The summed E-state index contributed by atoms with van der Waals surface area (Å²) in [5.74, 6) is -0.450. The van der Waals surface area contributed by atoms with E-state index in [0.717, 1.165) is 0 Å². The average Bonchev–Trinajstić information content (AvgIpc) is 2.24. The summed E-state index contributed by atoms with van der Waals surface area (Å²) in [6.07, 6.45) is 0. The molecule has 0 aromatic heterocycles. The van der Waals surface area contributed by atoms with Crippen molar-refractivity contribution >= 4 is 17.3 Å². The molecule has 0 heterocycles.